The summed E-state index contributed by atoms with van der Waals surface area (Å²) in [6, 6.07) is 18.7. The molecule has 0 aromatic heterocycles. The Hall–Kier alpha value is -1.53. The van der Waals surface area contributed by atoms with Crippen LogP contribution in [0.25, 0.3) is 0 Å². The van der Waals surface area contributed by atoms with Crippen LogP contribution < -0.4 is 0 Å². The molecule has 0 radical (unpaired) electrons. The molecule has 28 heavy (non-hydrogen) atoms. The first-order chi connectivity index (χ1) is 13.1. The van der Waals surface area contributed by atoms with Crippen molar-refractivity contribution >= 4 is 7.60 Å². The first-order valence-electron chi connectivity index (χ1n) is 9.25. The van der Waals surface area contributed by atoms with E-state index in [0.29, 0.717) is 0 Å². The van der Waals surface area contributed by atoms with Crippen molar-refractivity contribution in [1.29, 1.82) is 0 Å². The Labute approximate surface area is 165 Å². The van der Waals surface area contributed by atoms with Gasteiger partial charge in [-0.2, -0.15) is 0 Å². The minimum Gasteiger partial charge on any atom is -0.380 e. The minimum atomic E-state index is -4.83. The molecule has 6 nitrogen and oxygen atoms in total. The van der Waals surface area contributed by atoms with Crippen LogP contribution in [0.5, 0.6) is 0 Å². The van der Waals surface area contributed by atoms with E-state index in [0.717, 1.165) is 11.1 Å². The van der Waals surface area contributed by atoms with E-state index in [4.69, 9.17) is 9.47 Å². The number of benzene rings is 2. The average molecular weight is 406 g/mol. The van der Waals surface area contributed by atoms with Gasteiger partial charge in [-0.25, -0.2) is 0 Å². The third-order valence-electron chi connectivity index (χ3n) is 5.23. The van der Waals surface area contributed by atoms with Gasteiger partial charge >= 0.3 is 7.60 Å². The average Bonchev–Trinajstić information content (AvgIpc) is 3.02. The fourth-order valence-electron chi connectivity index (χ4n) is 3.90. The van der Waals surface area contributed by atoms with Crippen LogP contribution in [0.3, 0.4) is 0 Å². The second-order valence-electron chi connectivity index (χ2n) is 7.84. The Bertz CT molecular complexity index is 776. The second kappa shape index (κ2) is 8.07. The molecule has 0 aliphatic carbocycles. The molecule has 2 aromatic carbocycles. The van der Waals surface area contributed by atoms with E-state index >= 15 is 0 Å². The molecule has 1 saturated heterocycles. The lowest BCUT2D eigenvalue weighted by molar-refractivity contribution is -0.162. The molecule has 3 rings (SSSR count). The lowest BCUT2D eigenvalue weighted by Crippen LogP contribution is -2.50. The summed E-state index contributed by atoms with van der Waals surface area (Å²) in [6.07, 6.45) is -0.219. The Morgan fingerprint density at radius 3 is 1.86 bits per heavy atom. The number of hydrogen-bond acceptors (Lipinski definition) is 4. The Morgan fingerprint density at radius 2 is 1.50 bits per heavy atom. The van der Waals surface area contributed by atoms with Gasteiger partial charge in [-0.15, -0.1) is 0 Å². The molecule has 1 aliphatic rings. The van der Waals surface area contributed by atoms with Gasteiger partial charge in [0.05, 0.1) is 12.7 Å². The number of rotatable bonds is 7. The zero-order valence-electron chi connectivity index (χ0n) is 16.1. The van der Waals surface area contributed by atoms with E-state index in [-0.39, 0.29) is 19.4 Å². The molecule has 0 bridgehead atoms. The third kappa shape index (κ3) is 4.71. The quantitative estimate of drug-likeness (QED) is 0.612. The van der Waals surface area contributed by atoms with E-state index in [1.54, 1.807) is 13.8 Å². The van der Waals surface area contributed by atoms with Crippen LogP contribution in [0.15, 0.2) is 60.7 Å². The molecule has 2 atom stereocenters. The van der Waals surface area contributed by atoms with E-state index < -0.39 is 30.7 Å². The summed E-state index contributed by atoms with van der Waals surface area (Å²) < 4.78 is 24.0. The first kappa shape index (κ1) is 21.2. The Kier molecular flexibility index (Phi) is 6.11. The van der Waals surface area contributed by atoms with E-state index in [1.165, 1.54) is 0 Å². The van der Waals surface area contributed by atoms with Crippen molar-refractivity contribution in [3.63, 3.8) is 0 Å². The zero-order chi connectivity index (χ0) is 20.4. The van der Waals surface area contributed by atoms with Crippen LogP contribution in [0, 0.1) is 5.41 Å². The maximum absolute atomic E-state index is 12.2. The molecule has 1 fully saturated rings. The summed E-state index contributed by atoms with van der Waals surface area (Å²) in [4.78, 5) is 19.9. The highest BCUT2D eigenvalue weighted by molar-refractivity contribution is 7.52. The van der Waals surface area contributed by atoms with Crippen molar-refractivity contribution in [3.05, 3.63) is 71.8 Å². The lowest BCUT2D eigenvalue weighted by atomic mass is 9.72. The molecule has 2 aromatic rings. The van der Waals surface area contributed by atoms with Gasteiger partial charge in [-0.1, -0.05) is 60.7 Å². The molecule has 0 saturated carbocycles. The van der Waals surface area contributed by atoms with Crippen LogP contribution in [-0.2, 0) is 26.9 Å². The molecule has 1 aliphatic heterocycles. The number of aliphatic hydroxyl groups excluding tert-OH is 1. The van der Waals surface area contributed by atoms with Gasteiger partial charge in [0.25, 0.3) is 0 Å². The van der Waals surface area contributed by atoms with Crippen LogP contribution >= 0.6 is 7.60 Å². The molecule has 3 N–H and O–H groups in total. The highest BCUT2D eigenvalue weighted by Gasteiger charge is 2.56. The third-order valence-corrected chi connectivity index (χ3v) is 6.39. The molecular weight excluding hydrogens is 379 g/mol. The molecule has 0 spiro atoms. The van der Waals surface area contributed by atoms with Crippen molar-refractivity contribution in [1.82, 2.24) is 0 Å². The highest BCUT2D eigenvalue weighted by Crippen LogP contribution is 2.54. The van der Waals surface area contributed by atoms with Crippen LogP contribution in [0.4, 0.5) is 0 Å². The number of hydrogen-bond donors (Lipinski definition) is 3. The molecular formula is C21H27O6P. The predicted molar refractivity (Wildman–Crippen MR) is 106 cm³/mol. The first-order valence-corrected chi connectivity index (χ1v) is 10.9. The van der Waals surface area contributed by atoms with E-state index in [1.807, 2.05) is 60.7 Å². The van der Waals surface area contributed by atoms with Crippen LogP contribution in [0.1, 0.15) is 25.0 Å². The van der Waals surface area contributed by atoms with Crippen molar-refractivity contribution in [2.75, 3.05) is 6.61 Å². The Morgan fingerprint density at radius 1 is 1.04 bits per heavy atom. The second-order valence-corrected chi connectivity index (χ2v) is 9.51. The van der Waals surface area contributed by atoms with Gasteiger partial charge < -0.3 is 24.4 Å². The van der Waals surface area contributed by atoms with E-state index in [2.05, 4.69) is 0 Å². The molecule has 7 heteroatoms. The maximum atomic E-state index is 12.2. The summed E-state index contributed by atoms with van der Waals surface area (Å²) >= 11 is 0. The fourth-order valence-corrected chi connectivity index (χ4v) is 4.91. The largest absolute Gasteiger partial charge is 0.380 e. The highest BCUT2D eigenvalue weighted by atomic mass is 31.2. The fraction of sp³-hybridized carbons (Fsp3) is 0.429. The number of aliphatic hydroxyl groups is 1. The van der Waals surface area contributed by atoms with Crippen molar-refractivity contribution in [3.8, 4) is 0 Å². The summed E-state index contributed by atoms with van der Waals surface area (Å²) in [6.45, 7) is 3.66. The zero-order valence-corrected chi connectivity index (χ0v) is 17.0. The van der Waals surface area contributed by atoms with Gasteiger partial charge in [0.1, 0.15) is 0 Å². The van der Waals surface area contributed by atoms with Crippen molar-refractivity contribution in [2.45, 2.75) is 44.4 Å². The maximum Gasteiger partial charge on any atom is 0.354 e. The Balaban J connectivity index is 2.10. The SMILES string of the molecule is CC1(C)OC[C@H](C(Cc2ccccc2)(Cc2ccccc2)C(O)P(=O)(O)O)O1. The monoisotopic (exact) mass is 406 g/mol. The van der Waals surface area contributed by atoms with Gasteiger partial charge in [-0.3, -0.25) is 4.57 Å². The summed E-state index contributed by atoms with van der Waals surface area (Å²) in [7, 11) is -4.83. The summed E-state index contributed by atoms with van der Waals surface area (Å²) in [5, 5.41) is 11.0. The molecule has 0 amide bonds. The normalized spacial score (nSPS) is 20.8. The van der Waals surface area contributed by atoms with Crippen molar-refractivity contribution < 1.29 is 28.9 Å². The summed E-state index contributed by atoms with van der Waals surface area (Å²) in [5.74, 6) is -2.79. The van der Waals surface area contributed by atoms with E-state index in [9.17, 15) is 19.5 Å². The van der Waals surface area contributed by atoms with Gasteiger partial charge in [0.2, 0.25) is 0 Å². The topological polar surface area (TPSA) is 96.2 Å². The van der Waals surface area contributed by atoms with Gasteiger partial charge in [-0.05, 0) is 37.8 Å². The summed E-state index contributed by atoms with van der Waals surface area (Å²) in [5.41, 5.74) is 0.452. The predicted octanol–water partition coefficient (Wildman–Crippen LogP) is 3.11. The van der Waals surface area contributed by atoms with Gasteiger partial charge in [0.15, 0.2) is 11.6 Å². The molecule has 1 unspecified atom stereocenters. The minimum absolute atomic E-state index is 0.143. The smallest absolute Gasteiger partial charge is 0.354 e. The van der Waals surface area contributed by atoms with Crippen LogP contribution in [0.2, 0.25) is 0 Å². The van der Waals surface area contributed by atoms with Crippen LogP contribution in [-0.4, -0.2) is 39.2 Å². The van der Waals surface area contributed by atoms with Gasteiger partial charge in [0, 0.05) is 5.41 Å². The van der Waals surface area contributed by atoms with Crippen molar-refractivity contribution in [2.24, 2.45) is 5.41 Å². The number of ether oxygens (including phenoxy) is 2. The molecule has 1 heterocycles. The standard InChI is InChI=1S/C21H27O6P/c1-20(2)26-15-18(27-20)21(19(22)28(23,24)25,13-16-9-5-3-6-10-16)14-17-11-7-4-8-12-17/h3-12,18-19,22H,13-15H2,1-2H3,(H2,23,24,25)/t18-,19?/m1/s1. The lowest BCUT2D eigenvalue weighted by Gasteiger charge is -2.42. The molecule has 152 valence electrons.